The molecule has 0 aromatic heterocycles. The van der Waals surface area contributed by atoms with Crippen molar-refractivity contribution in [2.24, 2.45) is 0 Å². The predicted octanol–water partition coefficient (Wildman–Crippen LogP) is 1.72. The Morgan fingerprint density at radius 2 is 2.21 bits per heavy atom. The zero-order chi connectivity index (χ0) is 14.0. The normalized spacial score (nSPS) is 22.1. The van der Waals surface area contributed by atoms with E-state index in [1.54, 1.807) is 6.07 Å². The van der Waals surface area contributed by atoms with Crippen LogP contribution in [-0.2, 0) is 14.8 Å². The lowest BCUT2D eigenvalue weighted by molar-refractivity contribution is 0.0752. The van der Waals surface area contributed by atoms with Crippen LogP contribution in [0.1, 0.15) is 13.3 Å². The van der Waals surface area contributed by atoms with Crippen molar-refractivity contribution in [3.63, 3.8) is 0 Å². The lowest BCUT2D eigenvalue weighted by Crippen LogP contribution is -2.36. The standard InChI is InChI=1S/C12H17ClN2O3S/c1-9-8-15(5-2-6-18-9)19(16,17)12-7-10(13)3-4-11(12)14/h3-4,7,9H,2,5-6,8,14H2,1H3. The van der Waals surface area contributed by atoms with Crippen LogP contribution in [0.3, 0.4) is 0 Å². The third-order valence-electron chi connectivity index (χ3n) is 3.01. The maximum atomic E-state index is 12.6. The fraction of sp³-hybridized carbons (Fsp3) is 0.500. The van der Waals surface area contributed by atoms with Crippen molar-refractivity contribution >= 4 is 27.3 Å². The molecule has 0 bridgehead atoms. The van der Waals surface area contributed by atoms with Crippen molar-refractivity contribution in [2.45, 2.75) is 24.3 Å². The van der Waals surface area contributed by atoms with Gasteiger partial charge in [0.05, 0.1) is 11.8 Å². The predicted molar refractivity (Wildman–Crippen MR) is 74.7 cm³/mol. The third-order valence-corrected chi connectivity index (χ3v) is 5.16. The lowest BCUT2D eigenvalue weighted by atomic mass is 10.3. The minimum absolute atomic E-state index is 0.0640. The Morgan fingerprint density at radius 3 is 2.95 bits per heavy atom. The zero-order valence-corrected chi connectivity index (χ0v) is 12.2. The molecule has 106 valence electrons. The summed E-state index contributed by atoms with van der Waals surface area (Å²) >= 11 is 5.86. The first-order valence-corrected chi connectivity index (χ1v) is 7.90. The van der Waals surface area contributed by atoms with E-state index in [4.69, 9.17) is 22.1 Å². The molecule has 1 aliphatic rings. The Labute approximate surface area is 118 Å². The Hall–Kier alpha value is -0.820. The molecular weight excluding hydrogens is 288 g/mol. The molecule has 0 aliphatic carbocycles. The smallest absolute Gasteiger partial charge is 0.245 e. The van der Waals surface area contributed by atoms with Gasteiger partial charge in [0.1, 0.15) is 4.90 Å². The van der Waals surface area contributed by atoms with E-state index in [1.165, 1.54) is 16.4 Å². The highest BCUT2D eigenvalue weighted by molar-refractivity contribution is 7.89. The molecule has 1 unspecified atom stereocenters. The Kier molecular flexibility index (Phi) is 4.35. The Balaban J connectivity index is 2.38. The molecule has 0 spiro atoms. The molecule has 2 rings (SSSR count). The van der Waals surface area contributed by atoms with Crippen molar-refractivity contribution in [3.8, 4) is 0 Å². The minimum atomic E-state index is -3.63. The fourth-order valence-corrected chi connectivity index (χ4v) is 3.98. The van der Waals surface area contributed by atoms with Gasteiger partial charge in [-0.05, 0) is 31.5 Å². The largest absolute Gasteiger partial charge is 0.398 e. The minimum Gasteiger partial charge on any atom is -0.398 e. The van der Waals surface area contributed by atoms with E-state index >= 15 is 0 Å². The van der Waals surface area contributed by atoms with Crippen LogP contribution in [0.5, 0.6) is 0 Å². The summed E-state index contributed by atoms with van der Waals surface area (Å²) < 4.78 is 32.0. The molecule has 7 heteroatoms. The summed E-state index contributed by atoms with van der Waals surface area (Å²) in [4.78, 5) is 0.0640. The summed E-state index contributed by atoms with van der Waals surface area (Å²) in [5.74, 6) is 0. The van der Waals surface area contributed by atoms with Crippen molar-refractivity contribution in [1.82, 2.24) is 4.31 Å². The number of hydrogen-bond donors (Lipinski definition) is 1. The van der Waals surface area contributed by atoms with Crippen LogP contribution >= 0.6 is 11.6 Å². The van der Waals surface area contributed by atoms with Gasteiger partial charge in [-0.3, -0.25) is 0 Å². The van der Waals surface area contributed by atoms with Gasteiger partial charge in [-0.25, -0.2) is 8.42 Å². The van der Waals surface area contributed by atoms with Crippen LogP contribution in [0.4, 0.5) is 5.69 Å². The molecule has 0 saturated carbocycles. The van der Waals surface area contributed by atoms with Crippen molar-refractivity contribution < 1.29 is 13.2 Å². The maximum absolute atomic E-state index is 12.6. The second kappa shape index (κ2) is 5.66. The molecule has 1 saturated heterocycles. The first kappa shape index (κ1) is 14.6. The van der Waals surface area contributed by atoms with E-state index in [2.05, 4.69) is 0 Å². The van der Waals surface area contributed by atoms with Gasteiger partial charge < -0.3 is 10.5 Å². The molecule has 1 aliphatic heterocycles. The molecule has 5 nitrogen and oxygen atoms in total. The number of nitrogen functional groups attached to an aromatic ring is 1. The molecule has 2 N–H and O–H groups in total. The first-order chi connectivity index (χ1) is 8.91. The van der Waals surface area contributed by atoms with Gasteiger partial charge in [-0.2, -0.15) is 4.31 Å². The second-order valence-electron chi connectivity index (χ2n) is 4.58. The Morgan fingerprint density at radius 1 is 1.47 bits per heavy atom. The topological polar surface area (TPSA) is 72.6 Å². The van der Waals surface area contributed by atoms with E-state index in [1.807, 2.05) is 6.92 Å². The van der Waals surface area contributed by atoms with E-state index in [0.29, 0.717) is 31.1 Å². The number of sulfonamides is 1. The highest BCUT2D eigenvalue weighted by atomic mass is 35.5. The summed E-state index contributed by atoms with van der Waals surface area (Å²) in [7, 11) is -3.63. The van der Waals surface area contributed by atoms with E-state index < -0.39 is 10.0 Å². The molecule has 0 radical (unpaired) electrons. The number of nitrogens with zero attached hydrogens (tertiary/aromatic N) is 1. The first-order valence-electron chi connectivity index (χ1n) is 6.08. The van der Waals surface area contributed by atoms with Crippen molar-refractivity contribution in [2.75, 3.05) is 25.4 Å². The summed E-state index contributed by atoms with van der Waals surface area (Å²) in [6.45, 7) is 3.18. The third kappa shape index (κ3) is 3.20. The van der Waals surface area contributed by atoms with Gasteiger partial charge in [0.15, 0.2) is 0 Å². The quantitative estimate of drug-likeness (QED) is 0.844. The van der Waals surface area contributed by atoms with Gasteiger partial charge in [-0.1, -0.05) is 11.6 Å². The van der Waals surface area contributed by atoms with Crippen LogP contribution in [0.25, 0.3) is 0 Å². The highest BCUT2D eigenvalue weighted by Crippen LogP contribution is 2.26. The molecule has 1 heterocycles. The van der Waals surface area contributed by atoms with E-state index in [-0.39, 0.29) is 16.7 Å². The van der Waals surface area contributed by atoms with Crippen LogP contribution in [0.15, 0.2) is 23.1 Å². The maximum Gasteiger partial charge on any atom is 0.245 e. The number of nitrogens with two attached hydrogens (primary N) is 1. The van der Waals surface area contributed by atoms with E-state index in [0.717, 1.165) is 0 Å². The molecule has 1 atom stereocenters. The number of anilines is 1. The number of rotatable bonds is 2. The monoisotopic (exact) mass is 304 g/mol. The average molecular weight is 305 g/mol. The zero-order valence-electron chi connectivity index (χ0n) is 10.7. The Bertz CT molecular complexity index is 562. The number of hydrogen-bond acceptors (Lipinski definition) is 4. The van der Waals surface area contributed by atoms with Crippen molar-refractivity contribution in [3.05, 3.63) is 23.2 Å². The lowest BCUT2D eigenvalue weighted by Gasteiger charge is -2.22. The second-order valence-corrected chi connectivity index (χ2v) is 6.92. The van der Waals surface area contributed by atoms with Crippen LogP contribution in [0, 0.1) is 0 Å². The van der Waals surface area contributed by atoms with Gasteiger partial charge >= 0.3 is 0 Å². The molecule has 1 fully saturated rings. The molecule has 1 aromatic carbocycles. The summed E-state index contributed by atoms with van der Waals surface area (Å²) in [6, 6.07) is 4.47. The summed E-state index contributed by atoms with van der Waals surface area (Å²) in [5.41, 5.74) is 5.97. The number of ether oxygens (including phenoxy) is 1. The number of halogens is 1. The van der Waals surface area contributed by atoms with Gasteiger partial charge in [0.2, 0.25) is 10.0 Å². The van der Waals surface area contributed by atoms with Gasteiger partial charge in [-0.15, -0.1) is 0 Å². The SMILES string of the molecule is CC1CN(S(=O)(=O)c2cc(Cl)ccc2N)CCCO1. The summed E-state index contributed by atoms with van der Waals surface area (Å²) in [5, 5.41) is 0.354. The van der Waals surface area contributed by atoms with Gasteiger partial charge in [0, 0.05) is 24.7 Å². The number of benzene rings is 1. The van der Waals surface area contributed by atoms with Crippen molar-refractivity contribution in [1.29, 1.82) is 0 Å². The van der Waals surface area contributed by atoms with E-state index in [9.17, 15) is 8.42 Å². The van der Waals surface area contributed by atoms with Gasteiger partial charge in [0.25, 0.3) is 0 Å². The fourth-order valence-electron chi connectivity index (χ4n) is 2.05. The van der Waals surface area contributed by atoms with Crippen LogP contribution in [0.2, 0.25) is 5.02 Å². The molecule has 1 aromatic rings. The molecule has 19 heavy (non-hydrogen) atoms. The van der Waals surface area contributed by atoms with Crippen LogP contribution in [-0.4, -0.2) is 38.5 Å². The molecular formula is C12H17ClN2O3S. The molecule has 0 amide bonds. The highest BCUT2D eigenvalue weighted by Gasteiger charge is 2.29. The summed E-state index contributed by atoms with van der Waals surface area (Å²) in [6.07, 6.45) is 0.544. The average Bonchev–Trinajstić information content (AvgIpc) is 2.57. The van der Waals surface area contributed by atoms with Crippen LogP contribution < -0.4 is 5.73 Å².